The van der Waals surface area contributed by atoms with Crippen molar-refractivity contribution < 1.29 is 17.6 Å². The van der Waals surface area contributed by atoms with E-state index < -0.39 is 15.8 Å². The molecule has 1 aliphatic rings. The molecule has 150 valence electrons. The van der Waals surface area contributed by atoms with E-state index in [2.05, 4.69) is 21.2 Å². The Labute approximate surface area is 172 Å². The molecule has 0 bridgehead atoms. The first-order valence-electron chi connectivity index (χ1n) is 8.88. The van der Waals surface area contributed by atoms with Gasteiger partial charge in [-0.15, -0.1) is 0 Å². The van der Waals surface area contributed by atoms with E-state index in [1.165, 1.54) is 22.5 Å². The lowest BCUT2D eigenvalue weighted by Crippen LogP contribution is -2.38. The predicted octanol–water partition coefficient (Wildman–Crippen LogP) is 2.92. The van der Waals surface area contributed by atoms with Crippen LogP contribution in [-0.4, -0.2) is 56.3 Å². The number of carbonyl (C=O) groups excluding carboxylic acids is 1. The number of anilines is 1. The summed E-state index contributed by atoms with van der Waals surface area (Å²) in [5.41, 5.74) is 0.402. The Kier molecular flexibility index (Phi) is 6.82. The van der Waals surface area contributed by atoms with Gasteiger partial charge in [-0.25, -0.2) is 12.8 Å². The van der Waals surface area contributed by atoms with Crippen molar-refractivity contribution in [1.82, 2.24) is 9.21 Å². The number of carbonyl (C=O) groups is 1. The van der Waals surface area contributed by atoms with E-state index in [0.29, 0.717) is 38.3 Å². The van der Waals surface area contributed by atoms with Crippen molar-refractivity contribution >= 4 is 37.5 Å². The molecule has 6 nitrogen and oxygen atoms in total. The number of benzene rings is 2. The molecule has 9 heteroatoms. The lowest BCUT2D eigenvalue weighted by Gasteiger charge is -2.21. The van der Waals surface area contributed by atoms with Crippen LogP contribution in [-0.2, 0) is 14.8 Å². The van der Waals surface area contributed by atoms with E-state index in [-0.39, 0.29) is 17.3 Å². The van der Waals surface area contributed by atoms with Crippen LogP contribution in [0, 0.1) is 5.82 Å². The highest BCUT2D eigenvalue weighted by atomic mass is 79.9. The normalized spacial score (nSPS) is 16.5. The van der Waals surface area contributed by atoms with E-state index in [1.807, 2.05) is 4.90 Å². The zero-order valence-electron chi connectivity index (χ0n) is 15.1. The molecule has 0 unspecified atom stereocenters. The molecule has 1 heterocycles. The Hall–Kier alpha value is -1.81. The van der Waals surface area contributed by atoms with Crippen molar-refractivity contribution in [1.29, 1.82) is 0 Å². The first-order chi connectivity index (χ1) is 13.3. The highest BCUT2D eigenvalue weighted by Crippen LogP contribution is 2.20. The maximum atomic E-state index is 13.2. The van der Waals surface area contributed by atoms with Gasteiger partial charge in [0.05, 0.1) is 11.4 Å². The average Bonchev–Trinajstić information content (AvgIpc) is 2.88. The molecule has 3 rings (SSSR count). The first kappa shape index (κ1) is 20.9. The van der Waals surface area contributed by atoms with Crippen molar-refractivity contribution in [2.24, 2.45) is 0 Å². The molecule has 1 saturated heterocycles. The van der Waals surface area contributed by atoms with Crippen LogP contribution in [0.1, 0.15) is 6.42 Å². The van der Waals surface area contributed by atoms with E-state index in [9.17, 15) is 17.6 Å². The van der Waals surface area contributed by atoms with Crippen LogP contribution < -0.4 is 5.32 Å². The summed E-state index contributed by atoms with van der Waals surface area (Å²) in [6.45, 7) is 1.91. The minimum Gasteiger partial charge on any atom is -0.325 e. The number of nitrogens with zero attached hydrogens (tertiary/aromatic N) is 2. The molecular formula is C19H21BrFN3O3S. The fraction of sp³-hybridized carbons (Fsp3) is 0.316. The van der Waals surface area contributed by atoms with E-state index in [1.54, 1.807) is 30.3 Å². The van der Waals surface area contributed by atoms with Gasteiger partial charge in [-0.05, 0) is 55.4 Å². The molecule has 1 fully saturated rings. The predicted molar refractivity (Wildman–Crippen MR) is 109 cm³/mol. The van der Waals surface area contributed by atoms with Gasteiger partial charge in [0.2, 0.25) is 15.9 Å². The Balaban J connectivity index is 1.58. The van der Waals surface area contributed by atoms with Crippen molar-refractivity contribution in [2.45, 2.75) is 11.3 Å². The molecule has 1 amide bonds. The molecule has 1 aliphatic heterocycles. The summed E-state index contributed by atoms with van der Waals surface area (Å²) in [5.74, 6) is -0.670. The Morgan fingerprint density at radius 3 is 2.54 bits per heavy atom. The zero-order chi connectivity index (χ0) is 20.1. The largest absolute Gasteiger partial charge is 0.325 e. The van der Waals surface area contributed by atoms with Crippen LogP contribution in [0.15, 0.2) is 57.9 Å². The summed E-state index contributed by atoms with van der Waals surface area (Å²) in [7, 11) is -3.56. The second kappa shape index (κ2) is 9.13. The van der Waals surface area contributed by atoms with Gasteiger partial charge in [0.25, 0.3) is 0 Å². The summed E-state index contributed by atoms with van der Waals surface area (Å²) >= 11 is 3.31. The smallest absolute Gasteiger partial charge is 0.243 e. The molecule has 2 aromatic carbocycles. The molecule has 0 spiro atoms. The number of hydrogen-bond donors (Lipinski definition) is 1. The summed E-state index contributed by atoms with van der Waals surface area (Å²) in [5, 5.41) is 2.67. The highest BCUT2D eigenvalue weighted by Gasteiger charge is 2.27. The molecule has 0 aromatic heterocycles. The minimum absolute atomic E-state index is 0.128. The molecule has 0 radical (unpaired) electrons. The van der Waals surface area contributed by atoms with Gasteiger partial charge in [-0.1, -0.05) is 22.0 Å². The van der Waals surface area contributed by atoms with E-state index >= 15 is 0 Å². The third-order valence-corrected chi connectivity index (χ3v) is 6.92. The summed E-state index contributed by atoms with van der Waals surface area (Å²) in [4.78, 5) is 14.4. The maximum absolute atomic E-state index is 13.2. The molecule has 0 atom stereocenters. The number of nitrogens with one attached hydrogen (secondary N) is 1. The first-order valence-corrected chi connectivity index (χ1v) is 11.1. The van der Waals surface area contributed by atoms with Crippen LogP contribution in [0.5, 0.6) is 0 Å². The van der Waals surface area contributed by atoms with E-state index in [0.717, 1.165) is 4.47 Å². The number of amides is 1. The standard InChI is InChI=1S/C19H21BrFN3O3S/c20-15-5-7-18(8-6-15)28(26,27)24-10-2-9-23(11-12-24)14-19(25)22-17-4-1-3-16(21)13-17/h1,3-8,13H,2,9-12,14H2,(H,22,25). The Morgan fingerprint density at radius 2 is 1.82 bits per heavy atom. The third-order valence-electron chi connectivity index (χ3n) is 4.47. The van der Waals surface area contributed by atoms with Crippen LogP contribution in [0.25, 0.3) is 0 Å². The van der Waals surface area contributed by atoms with Gasteiger partial charge in [-0.3, -0.25) is 9.69 Å². The minimum atomic E-state index is -3.56. The molecule has 28 heavy (non-hydrogen) atoms. The fourth-order valence-electron chi connectivity index (χ4n) is 3.07. The van der Waals surface area contributed by atoms with Gasteiger partial charge in [0, 0.05) is 29.8 Å². The van der Waals surface area contributed by atoms with Gasteiger partial charge < -0.3 is 5.32 Å². The lowest BCUT2D eigenvalue weighted by atomic mass is 10.3. The van der Waals surface area contributed by atoms with Crippen LogP contribution in [0.4, 0.5) is 10.1 Å². The third kappa shape index (κ3) is 5.38. The van der Waals surface area contributed by atoms with Crippen LogP contribution in [0.2, 0.25) is 0 Å². The number of hydrogen-bond acceptors (Lipinski definition) is 4. The molecular weight excluding hydrogens is 449 g/mol. The number of halogens is 2. The quantitative estimate of drug-likeness (QED) is 0.730. The van der Waals surface area contributed by atoms with Gasteiger partial charge in [0.15, 0.2) is 0 Å². The number of sulfonamides is 1. The van der Waals surface area contributed by atoms with Crippen molar-refractivity contribution in [3.05, 3.63) is 58.8 Å². The second-order valence-corrected chi connectivity index (χ2v) is 9.40. The van der Waals surface area contributed by atoms with Gasteiger partial charge >= 0.3 is 0 Å². The Bertz CT molecular complexity index is 938. The van der Waals surface area contributed by atoms with Crippen molar-refractivity contribution in [2.75, 3.05) is 38.0 Å². The molecule has 0 aliphatic carbocycles. The van der Waals surface area contributed by atoms with Gasteiger partial charge in [0.1, 0.15) is 5.82 Å². The topological polar surface area (TPSA) is 69.7 Å². The zero-order valence-corrected chi connectivity index (χ0v) is 17.5. The summed E-state index contributed by atoms with van der Waals surface area (Å²) in [6.07, 6.45) is 0.628. The summed E-state index contributed by atoms with van der Waals surface area (Å²) in [6, 6.07) is 12.3. The van der Waals surface area contributed by atoms with Crippen molar-refractivity contribution in [3.8, 4) is 0 Å². The molecule has 0 saturated carbocycles. The van der Waals surface area contributed by atoms with Gasteiger partial charge in [-0.2, -0.15) is 4.31 Å². The second-order valence-electron chi connectivity index (χ2n) is 6.55. The Morgan fingerprint density at radius 1 is 1.07 bits per heavy atom. The maximum Gasteiger partial charge on any atom is 0.243 e. The summed E-state index contributed by atoms with van der Waals surface area (Å²) < 4.78 is 41.2. The average molecular weight is 470 g/mol. The molecule has 1 N–H and O–H groups in total. The SMILES string of the molecule is O=C(CN1CCCN(S(=O)(=O)c2ccc(Br)cc2)CC1)Nc1cccc(F)c1. The highest BCUT2D eigenvalue weighted by molar-refractivity contribution is 9.10. The lowest BCUT2D eigenvalue weighted by molar-refractivity contribution is -0.117. The fourth-order valence-corrected chi connectivity index (χ4v) is 4.81. The van der Waals surface area contributed by atoms with Crippen LogP contribution >= 0.6 is 15.9 Å². The van der Waals surface area contributed by atoms with E-state index in [4.69, 9.17) is 0 Å². The number of rotatable bonds is 5. The van der Waals surface area contributed by atoms with Crippen molar-refractivity contribution in [3.63, 3.8) is 0 Å². The molecule has 2 aromatic rings. The monoisotopic (exact) mass is 469 g/mol. The van der Waals surface area contributed by atoms with Crippen LogP contribution in [0.3, 0.4) is 0 Å².